The van der Waals surface area contributed by atoms with Crippen molar-refractivity contribution in [2.24, 2.45) is 0 Å². The highest BCUT2D eigenvalue weighted by Crippen LogP contribution is 2.74. The molecule has 6 N–H and O–H groups in total. The SMILES string of the molecule is O=P(O)(OP(=O)(O)OP(=S)(S)OC[C@H]1OCC(O)[C@H]1O)OP(=S)(S)OC[C@H]1OC[C@@H](O)C1O. The van der Waals surface area contributed by atoms with Crippen molar-refractivity contribution in [3.05, 3.63) is 0 Å². The molecule has 0 aromatic rings. The summed E-state index contributed by atoms with van der Waals surface area (Å²) in [4.78, 5) is 19.6. The monoisotopic (exact) mass is 634 g/mol. The van der Waals surface area contributed by atoms with Gasteiger partial charge in [0.15, 0.2) is 0 Å². The minimum absolute atomic E-state index is 0.178. The molecule has 6 unspecified atom stereocenters. The fourth-order valence-corrected chi connectivity index (χ4v) is 11.3. The standard InChI is InChI=1S/C10H22O15P4S4/c11-5-1-19-7(9(5)13)3-21-28(30,31)24-26(15,16)23-27(17,18)25-29(32,33)22-4-8-10(14)6(12)2-20-8/h5-14H,1-4H2,(H,15,16)(H,17,18)(H,30,31)(H,32,33)/t5-,6?,7-,8-,9?,10-/m1/s1. The topological polar surface area (TPSA) is 220 Å². The molecule has 2 saturated heterocycles. The lowest BCUT2D eigenvalue weighted by molar-refractivity contribution is 0.000715. The van der Waals surface area contributed by atoms with Crippen molar-refractivity contribution in [1.82, 2.24) is 0 Å². The number of hydrogen-bond acceptors (Lipinski definition) is 15. The first kappa shape index (κ1) is 31.2. The van der Waals surface area contributed by atoms with Crippen LogP contribution < -0.4 is 0 Å². The van der Waals surface area contributed by atoms with Crippen LogP contribution in [0.25, 0.3) is 0 Å². The summed E-state index contributed by atoms with van der Waals surface area (Å²) in [7, 11) is -10.9. The van der Waals surface area contributed by atoms with Crippen molar-refractivity contribution in [3.63, 3.8) is 0 Å². The van der Waals surface area contributed by atoms with Gasteiger partial charge in [0.25, 0.3) is 11.4 Å². The predicted molar refractivity (Wildman–Crippen MR) is 125 cm³/mol. The Bertz CT molecular complexity index is 810. The Labute approximate surface area is 208 Å². The molecule has 15 nitrogen and oxygen atoms in total. The summed E-state index contributed by atoms with van der Waals surface area (Å²) in [5.74, 6) is 0. The van der Waals surface area contributed by atoms with E-state index in [4.69, 9.17) is 42.1 Å². The third-order valence-corrected chi connectivity index (χ3v) is 13.7. The Balaban J connectivity index is 1.88. The molecule has 2 fully saturated rings. The maximum Gasteiger partial charge on any atom is 0.487 e. The van der Waals surface area contributed by atoms with Crippen LogP contribution in [0.4, 0.5) is 0 Å². The van der Waals surface area contributed by atoms with Gasteiger partial charge in [0, 0.05) is 0 Å². The zero-order chi connectivity index (χ0) is 25.2. The second-order valence-electron chi connectivity index (χ2n) is 6.57. The van der Waals surface area contributed by atoms with Crippen molar-refractivity contribution in [1.29, 1.82) is 0 Å². The van der Waals surface area contributed by atoms with Crippen LogP contribution in [0.1, 0.15) is 0 Å². The van der Waals surface area contributed by atoms with Gasteiger partial charge in [0.2, 0.25) is 0 Å². The van der Waals surface area contributed by atoms with Gasteiger partial charge in [0.1, 0.15) is 36.6 Å². The van der Waals surface area contributed by atoms with Gasteiger partial charge >= 0.3 is 15.6 Å². The molecule has 2 heterocycles. The zero-order valence-electron chi connectivity index (χ0n) is 16.1. The molecule has 10 atom stereocenters. The normalized spacial score (nSPS) is 37.7. The van der Waals surface area contributed by atoms with Gasteiger partial charge in [-0.05, 0) is 23.6 Å². The Hall–Kier alpha value is 1.94. The highest BCUT2D eigenvalue weighted by atomic mass is 32.9. The van der Waals surface area contributed by atoms with Gasteiger partial charge in [0.05, 0.1) is 26.4 Å². The lowest BCUT2D eigenvalue weighted by atomic mass is 10.2. The van der Waals surface area contributed by atoms with E-state index >= 15 is 0 Å². The van der Waals surface area contributed by atoms with Crippen molar-refractivity contribution in [2.75, 3.05) is 26.4 Å². The first-order chi connectivity index (χ1) is 14.9. The molecular formula is C10H22O15P4S4. The largest absolute Gasteiger partial charge is 0.487 e. The lowest BCUT2D eigenvalue weighted by Crippen LogP contribution is -2.32. The summed E-state index contributed by atoms with van der Waals surface area (Å²) in [5, 5.41) is 38.1. The predicted octanol–water partition coefficient (Wildman–Crippen LogP) is -0.180. The van der Waals surface area contributed by atoms with Crippen LogP contribution in [-0.2, 0) is 64.2 Å². The lowest BCUT2D eigenvalue weighted by Gasteiger charge is -2.24. The molecule has 33 heavy (non-hydrogen) atoms. The fourth-order valence-electron chi connectivity index (χ4n) is 2.43. The van der Waals surface area contributed by atoms with Gasteiger partial charge < -0.3 is 48.7 Å². The molecule has 2 aliphatic heterocycles. The number of rotatable bonds is 12. The van der Waals surface area contributed by atoms with Crippen molar-refractivity contribution in [2.45, 2.75) is 36.6 Å². The molecule has 0 aliphatic carbocycles. The summed E-state index contributed by atoms with van der Waals surface area (Å²) >= 11 is 17.2. The van der Waals surface area contributed by atoms with Gasteiger partial charge in [-0.2, -0.15) is 4.31 Å². The number of ether oxygens (including phenoxy) is 2. The van der Waals surface area contributed by atoms with E-state index in [9.17, 15) is 39.3 Å². The van der Waals surface area contributed by atoms with Gasteiger partial charge in [-0.15, -0.1) is 0 Å². The average Bonchev–Trinajstić information content (AvgIpc) is 3.11. The van der Waals surface area contributed by atoms with Crippen molar-refractivity contribution < 1.29 is 70.8 Å². The second-order valence-corrected chi connectivity index (χ2v) is 20.5. The Morgan fingerprint density at radius 3 is 1.36 bits per heavy atom. The van der Waals surface area contributed by atoms with Crippen LogP contribution in [0, 0.1) is 0 Å². The third-order valence-electron chi connectivity index (χ3n) is 3.94. The van der Waals surface area contributed by atoms with Gasteiger partial charge in [-0.3, -0.25) is 0 Å². The number of phosphoric acid groups is 2. The molecule has 0 aromatic heterocycles. The van der Waals surface area contributed by atoms with E-state index in [-0.39, 0.29) is 13.2 Å². The second kappa shape index (κ2) is 12.2. The van der Waals surface area contributed by atoms with E-state index in [0.717, 1.165) is 0 Å². The number of aliphatic hydroxyl groups excluding tert-OH is 4. The van der Waals surface area contributed by atoms with E-state index in [0.29, 0.717) is 0 Å². The number of aliphatic hydroxyl groups is 4. The molecule has 196 valence electrons. The molecule has 0 bridgehead atoms. The summed E-state index contributed by atoms with van der Waals surface area (Å²) in [6.45, 7) is -1.33. The average molecular weight is 634 g/mol. The van der Waals surface area contributed by atoms with Crippen LogP contribution in [0.2, 0.25) is 0 Å². The first-order valence-electron chi connectivity index (χ1n) is 8.62. The van der Waals surface area contributed by atoms with E-state index < -0.39 is 76.9 Å². The van der Waals surface area contributed by atoms with Crippen LogP contribution in [0.3, 0.4) is 0 Å². The van der Waals surface area contributed by atoms with Gasteiger partial charge in [-0.1, -0.05) is 24.5 Å². The zero-order valence-corrected chi connectivity index (χ0v) is 23.1. The van der Waals surface area contributed by atoms with E-state index in [1.807, 2.05) is 0 Å². The van der Waals surface area contributed by atoms with Crippen LogP contribution in [0.15, 0.2) is 0 Å². The first-order valence-corrected chi connectivity index (χ1v) is 19.2. The smallest absolute Gasteiger partial charge is 0.388 e. The Kier molecular flexibility index (Phi) is 11.5. The van der Waals surface area contributed by atoms with Crippen LogP contribution in [-0.4, -0.2) is 93.3 Å². The summed E-state index contributed by atoms with van der Waals surface area (Å²) in [6, 6.07) is 0. The van der Waals surface area contributed by atoms with E-state index in [1.165, 1.54) is 0 Å². The van der Waals surface area contributed by atoms with Gasteiger partial charge in [-0.25, -0.2) is 17.8 Å². The van der Waals surface area contributed by atoms with Crippen molar-refractivity contribution >= 4 is 75.1 Å². The molecule has 0 radical (unpaired) electrons. The Morgan fingerprint density at radius 1 is 0.758 bits per heavy atom. The van der Waals surface area contributed by atoms with Crippen LogP contribution in [0.5, 0.6) is 0 Å². The molecule has 2 rings (SSSR count). The molecule has 2 aliphatic rings. The maximum absolute atomic E-state index is 12.1. The fraction of sp³-hybridized carbons (Fsp3) is 1.00. The maximum atomic E-state index is 12.1. The summed E-state index contributed by atoms with van der Waals surface area (Å²) in [6.07, 6.45) is -7.01. The molecular weight excluding hydrogens is 612 g/mol. The molecule has 23 heteroatoms. The number of hydrogen-bond donors (Lipinski definition) is 8. The molecule has 0 saturated carbocycles. The number of thiol groups is 2. The highest BCUT2D eigenvalue weighted by Gasteiger charge is 2.44. The highest BCUT2D eigenvalue weighted by molar-refractivity contribution is 8.61. The summed E-state index contributed by atoms with van der Waals surface area (Å²) in [5.41, 5.74) is -7.79. The molecule has 0 aromatic carbocycles. The quantitative estimate of drug-likeness (QED) is 0.103. The van der Waals surface area contributed by atoms with Crippen LogP contribution >= 0.6 is 51.5 Å². The minimum atomic E-state index is -5.43. The van der Waals surface area contributed by atoms with Crippen molar-refractivity contribution in [3.8, 4) is 0 Å². The molecule has 0 spiro atoms. The van der Waals surface area contributed by atoms with E-state index in [2.05, 4.69) is 37.4 Å². The Morgan fingerprint density at radius 2 is 1.09 bits per heavy atom. The minimum Gasteiger partial charge on any atom is -0.388 e. The third kappa shape index (κ3) is 10.3. The molecule has 0 amide bonds. The van der Waals surface area contributed by atoms with E-state index in [1.54, 1.807) is 0 Å². The summed E-state index contributed by atoms with van der Waals surface area (Å²) < 4.78 is 57.6.